The van der Waals surface area contributed by atoms with Crippen LogP contribution in [-0.4, -0.2) is 12.3 Å². The van der Waals surface area contributed by atoms with Crippen LogP contribution < -0.4 is 5.73 Å². The van der Waals surface area contributed by atoms with Crippen LogP contribution in [0, 0.1) is 0 Å². The highest BCUT2D eigenvalue weighted by Gasteiger charge is 2.30. The van der Waals surface area contributed by atoms with Gasteiger partial charge in [0.25, 0.3) is 0 Å². The molecule has 17 heavy (non-hydrogen) atoms. The van der Waals surface area contributed by atoms with Crippen molar-refractivity contribution >= 4 is 6.29 Å². The first-order valence-corrected chi connectivity index (χ1v) is 5.30. The lowest BCUT2D eigenvalue weighted by Gasteiger charge is -2.09. The average molecular weight is 247 g/mol. The second kappa shape index (κ2) is 7.06. The second-order valence-corrected chi connectivity index (χ2v) is 3.20. The summed E-state index contributed by atoms with van der Waals surface area (Å²) in [6, 6.07) is 4.04. The van der Waals surface area contributed by atoms with Crippen molar-refractivity contribution in [2.75, 3.05) is 0 Å². The molecule has 2 N–H and O–H groups in total. The topological polar surface area (TPSA) is 43.1 Å². The number of benzene rings is 1. The number of alkyl halides is 3. The Kier molecular flexibility index (Phi) is 6.50. The summed E-state index contributed by atoms with van der Waals surface area (Å²) in [7, 11) is 0. The van der Waals surface area contributed by atoms with E-state index < -0.39 is 17.8 Å². The van der Waals surface area contributed by atoms with Gasteiger partial charge in [0.15, 0.2) is 0 Å². The summed E-state index contributed by atoms with van der Waals surface area (Å²) in [5, 5.41) is 0. The first kappa shape index (κ1) is 15.6. The van der Waals surface area contributed by atoms with Gasteiger partial charge < -0.3 is 10.5 Å². The fourth-order valence-corrected chi connectivity index (χ4v) is 1.19. The van der Waals surface area contributed by atoms with E-state index in [0.717, 1.165) is 12.1 Å². The number of hydrogen-bond acceptors (Lipinski definition) is 2. The Hall–Kier alpha value is -1.36. The normalized spacial score (nSPS) is 12.4. The molecule has 2 nitrogen and oxygen atoms in total. The summed E-state index contributed by atoms with van der Waals surface area (Å²) < 4.78 is 36.9. The van der Waals surface area contributed by atoms with Crippen LogP contribution in [0.5, 0.6) is 0 Å². The molecule has 1 atom stereocenters. The second-order valence-electron chi connectivity index (χ2n) is 3.20. The van der Waals surface area contributed by atoms with E-state index in [2.05, 4.69) is 0 Å². The zero-order valence-electron chi connectivity index (χ0n) is 9.79. The Balaban J connectivity index is 0.00000121. The molecule has 0 aliphatic carbocycles. The molecule has 0 bridgehead atoms. The van der Waals surface area contributed by atoms with Gasteiger partial charge in [0.1, 0.15) is 6.29 Å². The number of nitrogens with two attached hydrogens (primary N) is 1. The molecule has 0 heterocycles. The molecule has 0 unspecified atom stereocenters. The highest BCUT2D eigenvalue weighted by atomic mass is 19.4. The summed E-state index contributed by atoms with van der Waals surface area (Å²) in [6.45, 7) is 4.00. The standard InChI is InChI=1S/C10H10F3NO.C2H6/c11-10(12,13)8-3-1-2-7(4-8)5-9(14)6-15;1-2/h1-4,6,9H,5,14H2;1-2H3/t9-;/m1./s1. The highest BCUT2D eigenvalue weighted by molar-refractivity contribution is 5.57. The molecule has 0 saturated carbocycles. The Morgan fingerprint density at radius 3 is 2.41 bits per heavy atom. The molecular weight excluding hydrogens is 231 g/mol. The Morgan fingerprint density at radius 1 is 1.35 bits per heavy atom. The van der Waals surface area contributed by atoms with Crippen molar-refractivity contribution in [3.05, 3.63) is 35.4 Å². The Labute approximate surface area is 98.6 Å². The molecule has 1 aromatic carbocycles. The van der Waals surface area contributed by atoms with Crippen molar-refractivity contribution in [2.45, 2.75) is 32.5 Å². The van der Waals surface area contributed by atoms with Crippen molar-refractivity contribution in [2.24, 2.45) is 5.73 Å². The zero-order chi connectivity index (χ0) is 13.5. The SMILES string of the molecule is CC.N[C@@H](C=O)Cc1cccc(C(F)(F)F)c1. The minimum Gasteiger partial charge on any atom is -0.321 e. The molecule has 0 aromatic heterocycles. The van der Waals surface area contributed by atoms with E-state index in [1.165, 1.54) is 12.1 Å². The Bertz CT molecular complexity index is 350. The van der Waals surface area contributed by atoms with Crippen LogP contribution in [0.2, 0.25) is 0 Å². The smallest absolute Gasteiger partial charge is 0.321 e. The molecule has 96 valence electrons. The van der Waals surface area contributed by atoms with Crippen LogP contribution in [0.1, 0.15) is 25.0 Å². The third kappa shape index (κ3) is 5.49. The Morgan fingerprint density at radius 2 is 1.94 bits per heavy atom. The summed E-state index contributed by atoms with van der Waals surface area (Å²) in [6.07, 6.45) is -3.73. The van der Waals surface area contributed by atoms with Crippen LogP contribution in [0.3, 0.4) is 0 Å². The molecule has 5 heteroatoms. The van der Waals surface area contributed by atoms with Gasteiger partial charge in [-0.1, -0.05) is 32.0 Å². The number of carbonyl (C=O) groups is 1. The van der Waals surface area contributed by atoms with E-state index in [0.29, 0.717) is 11.8 Å². The van der Waals surface area contributed by atoms with Gasteiger partial charge in [0.05, 0.1) is 11.6 Å². The molecule has 0 fully saturated rings. The quantitative estimate of drug-likeness (QED) is 0.834. The lowest BCUT2D eigenvalue weighted by Crippen LogP contribution is -2.24. The maximum atomic E-state index is 12.3. The molecule has 0 aliphatic heterocycles. The van der Waals surface area contributed by atoms with Crippen LogP contribution in [0.25, 0.3) is 0 Å². The molecule has 1 rings (SSSR count). The molecule has 0 saturated heterocycles. The van der Waals surface area contributed by atoms with E-state index in [-0.39, 0.29) is 6.42 Å². The van der Waals surface area contributed by atoms with Crippen molar-refractivity contribution in [1.29, 1.82) is 0 Å². The highest BCUT2D eigenvalue weighted by Crippen LogP contribution is 2.29. The lowest BCUT2D eigenvalue weighted by molar-refractivity contribution is -0.137. The third-order valence-electron chi connectivity index (χ3n) is 1.90. The number of carbonyl (C=O) groups excluding carboxylic acids is 1. The third-order valence-corrected chi connectivity index (χ3v) is 1.90. The van der Waals surface area contributed by atoms with Gasteiger partial charge in [-0.3, -0.25) is 0 Å². The number of aldehydes is 1. The fourth-order valence-electron chi connectivity index (χ4n) is 1.19. The van der Waals surface area contributed by atoms with E-state index in [9.17, 15) is 18.0 Å². The van der Waals surface area contributed by atoms with Crippen molar-refractivity contribution in [1.82, 2.24) is 0 Å². The van der Waals surface area contributed by atoms with Gasteiger partial charge in [0.2, 0.25) is 0 Å². The van der Waals surface area contributed by atoms with Gasteiger partial charge >= 0.3 is 6.18 Å². The van der Waals surface area contributed by atoms with Crippen LogP contribution in [0.4, 0.5) is 13.2 Å². The lowest BCUT2D eigenvalue weighted by atomic mass is 10.0. The van der Waals surface area contributed by atoms with E-state index in [1.807, 2.05) is 13.8 Å². The maximum absolute atomic E-state index is 12.3. The van der Waals surface area contributed by atoms with E-state index in [1.54, 1.807) is 0 Å². The molecule has 1 aromatic rings. The van der Waals surface area contributed by atoms with Gasteiger partial charge in [-0.05, 0) is 18.1 Å². The molecule has 0 amide bonds. The predicted molar refractivity (Wildman–Crippen MR) is 60.5 cm³/mol. The monoisotopic (exact) mass is 247 g/mol. The minimum atomic E-state index is -4.36. The van der Waals surface area contributed by atoms with Crippen LogP contribution in [-0.2, 0) is 17.4 Å². The predicted octanol–water partition coefficient (Wildman–Crippen LogP) is 2.80. The number of hydrogen-bond donors (Lipinski definition) is 1. The number of rotatable bonds is 3. The van der Waals surface area contributed by atoms with Gasteiger partial charge in [-0.15, -0.1) is 0 Å². The molecule has 0 spiro atoms. The van der Waals surface area contributed by atoms with Crippen molar-refractivity contribution in [3.63, 3.8) is 0 Å². The van der Waals surface area contributed by atoms with Crippen LogP contribution >= 0.6 is 0 Å². The van der Waals surface area contributed by atoms with Gasteiger partial charge in [-0.2, -0.15) is 13.2 Å². The minimum absolute atomic E-state index is 0.118. The largest absolute Gasteiger partial charge is 0.416 e. The molecular formula is C12H16F3NO. The van der Waals surface area contributed by atoms with Crippen molar-refractivity contribution in [3.8, 4) is 0 Å². The summed E-state index contributed by atoms with van der Waals surface area (Å²) in [4.78, 5) is 10.2. The maximum Gasteiger partial charge on any atom is 0.416 e. The van der Waals surface area contributed by atoms with Gasteiger partial charge in [-0.25, -0.2) is 0 Å². The first-order chi connectivity index (χ1) is 7.93. The summed E-state index contributed by atoms with van der Waals surface area (Å²) in [5.74, 6) is 0. The number of halogens is 3. The zero-order valence-corrected chi connectivity index (χ0v) is 9.79. The summed E-state index contributed by atoms with van der Waals surface area (Å²) >= 11 is 0. The van der Waals surface area contributed by atoms with Crippen molar-refractivity contribution < 1.29 is 18.0 Å². The van der Waals surface area contributed by atoms with E-state index in [4.69, 9.17) is 5.73 Å². The average Bonchev–Trinajstić information content (AvgIpc) is 2.31. The molecule has 0 aliphatic rings. The fraction of sp³-hybridized carbons (Fsp3) is 0.417. The summed E-state index contributed by atoms with van der Waals surface area (Å²) in [5.41, 5.74) is 5.00. The first-order valence-electron chi connectivity index (χ1n) is 5.30. The van der Waals surface area contributed by atoms with Gasteiger partial charge in [0, 0.05) is 0 Å². The van der Waals surface area contributed by atoms with Crippen LogP contribution in [0.15, 0.2) is 24.3 Å². The molecule has 0 radical (unpaired) electrons. The van der Waals surface area contributed by atoms with E-state index >= 15 is 0 Å².